The molecule has 6 heteroatoms. The molecule has 3 amide bonds. The van der Waals surface area contributed by atoms with E-state index in [-0.39, 0.29) is 17.9 Å². The van der Waals surface area contributed by atoms with Gasteiger partial charge in [-0.25, -0.2) is 4.79 Å². The maximum absolute atomic E-state index is 11.2. The van der Waals surface area contributed by atoms with E-state index in [1.807, 2.05) is 0 Å². The van der Waals surface area contributed by atoms with E-state index < -0.39 is 6.03 Å². The van der Waals surface area contributed by atoms with Gasteiger partial charge in [0.05, 0.1) is 6.54 Å². The van der Waals surface area contributed by atoms with Crippen molar-refractivity contribution in [3.63, 3.8) is 0 Å². The number of primary amides is 1. The highest BCUT2D eigenvalue weighted by Gasteiger charge is 2.35. The number of nitrogens with one attached hydrogen (secondary N) is 2. The lowest BCUT2D eigenvalue weighted by atomic mass is 9.67. The van der Waals surface area contributed by atoms with Gasteiger partial charge < -0.3 is 21.2 Å². The van der Waals surface area contributed by atoms with E-state index in [2.05, 4.69) is 10.6 Å². The van der Waals surface area contributed by atoms with Crippen LogP contribution in [0.3, 0.4) is 0 Å². The minimum Gasteiger partial charge on any atom is -0.355 e. The number of amides is 3. The molecular weight excluding hydrogens is 222 g/mol. The van der Waals surface area contributed by atoms with Gasteiger partial charge in [0.1, 0.15) is 6.29 Å². The first-order valence-corrected chi connectivity index (χ1v) is 5.84. The lowest BCUT2D eigenvalue weighted by Gasteiger charge is -2.36. The van der Waals surface area contributed by atoms with E-state index in [1.165, 1.54) is 0 Å². The molecule has 1 fully saturated rings. The Morgan fingerprint density at radius 2 is 2.00 bits per heavy atom. The summed E-state index contributed by atoms with van der Waals surface area (Å²) < 4.78 is 0. The van der Waals surface area contributed by atoms with Crippen molar-refractivity contribution in [1.29, 1.82) is 0 Å². The van der Waals surface area contributed by atoms with Crippen LogP contribution < -0.4 is 16.4 Å². The molecule has 0 spiro atoms. The predicted octanol–water partition coefficient (Wildman–Crippen LogP) is -0.0797. The number of nitrogens with two attached hydrogens (primary N) is 1. The Labute approximate surface area is 100 Å². The Balaban J connectivity index is 2.05. The van der Waals surface area contributed by atoms with Crippen molar-refractivity contribution in [3.8, 4) is 0 Å². The van der Waals surface area contributed by atoms with Crippen LogP contribution in [0, 0.1) is 5.41 Å². The first-order valence-electron chi connectivity index (χ1n) is 5.84. The van der Waals surface area contributed by atoms with Gasteiger partial charge in [-0.15, -0.1) is 0 Å². The normalized spacial score (nSPS) is 16.7. The van der Waals surface area contributed by atoms with Crippen molar-refractivity contribution < 1.29 is 14.4 Å². The lowest BCUT2D eigenvalue weighted by Crippen LogP contribution is -2.40. The highest BCUT2D eigenvalue weighted by molar-refractivity contribution is 5.83. The average molecular weight is 241 g/mol. The van der Waals surface area contributed by atoms with E-state index in [1.54, 1.807) is 0 Å². The predicted molar refractivity (Wildman–Crippen MR) is 62.2 cm³/mol. The minimum atomic E-state index is -0.713. The summed E-state index contributed by atoms with van der Waals surface area (Å²) in [6, 6.07) is -0.713. The number of rotatable bonds is 7. The minimum absolute atomic E-state index is 0.103. The molecular formula is C11H19N3O3. The highest BCUT2D eigenvalue weighted by Crippen LogP contribution is 2.42. The van der Waals surface area contributed by atoms with Gasteiger partial charge in [-0.1, -0.05) is 6.42 Å². The summed E-state index contributed by atoms with van der Waals surface area (Å²) in [5, 5.41) is 4.86. The third kappa shape index (κ3) is 4.42. The third-order valence-corrected chi connectivity index (χ3v) is 3.20. The first kappa shape index (κ1) is 13.5. The van der Waals surface area contributed by atoms with Gasteiger partial charge in [0.15, 0.2) is 0 Å². The van der Waals surface area contributed by atoms with Crippen LogP contribution >= 0.6 is 0 Å². The van der Waals surface area contributed by atoms with E-state index in [9.17, 15) is 14.4 Å². The second kappa shape index (κ2) is 6.22. The topological polar surface area (TPSA) is 101 Å². The average Bonchev–Trinajstić information content (AvgIpc) is 2.24. The molecule has 0 aromatic rings. The fourth-order valence-corrected chi connectivity index (χ4v) is 1.96. The van der Waals surface area contributed by atoms with Crippen LogP contribution in [-0.2, 0) is 9.59 Å². The summed E-state index contributed by atoms with van der Waals surface area (Å²) in [6.07, 6.45) is 5.70. The Kier molecular flexibility index (Phi) is 4.93. The van der Waals surface area contributed by atoms with E-state index >= 15 is 0 Å². The number of urea groups is 1. The zero-order valence-electron chi connectivity index (χ0n) is 9.83. The van der Waals surface area contributed by atoms with Crippen LogP contribution in [0.5, 0.6) is 0 Å². The lowest BCUT2D eigenvalue weighted by molar-refractivity contribution is -0.121. The number of hydrogen-bond acceptors (Lipinski definition) is 3. The summed E-state index contributed by atoms with van der Waals surface area (Å²) in [4.78, 5) is 32.4. The second-order valence-corrected chi connectivity index (χ2v) is 4.51. The van der Waals surface area contributed by atoms with Crippen molar-refractivity contribution in [2.75, 3.05) is 13.1 Å². The maximum Gasteiger partial charge on any atom is 0.312 e. The largest absolute Gasteiger partial charge is 0.355 e. The zero-order chi connectivity index (χ0) is 12.7. The zero-order valence-corrected chi connectivity index (χ0v) is 9.83. The van der Waals surface area contributed by atoms with Crippen LogP contribution in [0.15, 0.2) is 0 Å². The Bertz CT molecular complexity index is 300. The maximum atomic E-state index is 11.2. The first-order chi connectivity index (χ1) is 8.08. The van der Waals surface area contributed by atoms with Gasteiger partial charge in [0.2, 0.25) is 5.91 Å². The quantitative estimate of drug-likeness (QED) is 0.429. The number of carbonyl (C=O) groups is 3. The fraction of sp³-hybridized carbons (Fsp3) is 0.727. The molecule has 17 heavy (non-hydrogen) atoms. The molecule has 1 aliphatic carbocycles. The fourth-order valence-electron chi connectivity index (χ4n) is 1.96. The van der Waals surface area contributed by atoms with Crippen LogP contribution in [0.1, 0.15) is 32.1 Å². The molecule has 0 unspecified atom stereocenters. The Hall–Kier alpha value is -1.59. The van der Waals surface area contributed by atoms with Gasteiger partial charge in [-0.2, -0.15) is 0 Å². The van der Waals surface area contributed by atoms with Crippen LogP contribution in [0.25, 0.3) is 0 Å². The Morgan fingerprint density at radius 3 is 2.47 bits per heavy atom. The molecule has 1 saturated carbocycles. The number of carbonyl (C=O) groups excluding carboxylic acids is 3. The number of aldehydes is 1. The molecule has 96 valence electrons. The Morgan fingerprint density at radius 1 is 1.29 bits per heavy atom. The molecule has 0 radical (unpaired) electrons. The van der Waals surface area contributed by atoms with Crippen LogP contribution in [0.2, 0.25) is 0 Å². The summed E-state index contributed by atoms with van der Waals surface area (Å²) in [6.45, 7) is 0.420. The summed E-state index contributed by atoms with van der Waals surface area (Å²) >= 11 is 0. The molecule has 1 rings (SSSR count). The molecule has 0 aromatic carbocycles. The van der Waals surface area contributed by atoms with Gasteiger partial charge in [0.25, 0.3) is 0 Å². The van der Waals surface area contributed by atoms with Crippen molar-refractivity contribution in [2.45, 2.75) is 32.1 Å². The van der Waals surface area contributed by atoms with Crippen molar-refractivity contribution >= 4 is 18.2 Å². The van der Waals surface area contributed by atoms with Gasteiger partial charge in [-0.3, -0.25) is 4.79 Å². The third-order valence-electron chi connectivity index (χ3n) is 3.20. The molecule has 0 heterocycles. The second-order valence-electron chi connectivity index (χ2n) is 4.51. The van der Waals surface area contributed by atoms with E-state index in [0.29, 0.717) is 6.54 Å². The molecule has 4 N–H and O–H groups in total. The van der Waals surface area contributed by atoms with Crippen LogP contribution in [0.4, 0.5) is 4.79 Å². The van der Waals surface area contributed by atoms with Gasteiger partial charge >= 0.3 is 6.03 Å². The smallest absolute Gasteiger partial charge is 0.312 e. The van der Waals surface area contributed by atoms with Gasteiger partial charge in [-0.05, 0) is 25.7 Å². The summed E-state index contributed by atoms with van der Waals surface area (Å²) in [5.41, 5.74) is 4.70. The molecule has 6 nitrogen and oxygen atoms in total. The standard InChI is InChI=1S/C11H19N3O3/c12-10(17)14-7-9(16)13-6-2-5-11(8-15)3-1-4-11/h8H,1-7H2,(H,13,16)(H3,12,14,17). The highest BCUT2D eigenvalue weighted by atomic mass is 16.2. The SMILES string of the molecule is NC(=O)NCC(=O)NCCCC1(C=O)CCC1. The van der Waals surface area contributed by atoms with Crippen molar-refractivity contribution in [3.05, 3.63) is 0 Å². The summed E-state index contributed by atoms with van der Waals surface area (Å²) in [5.74, 6) is -0.266. The molecule has 0 aliphatic heterocycles. The number of hydrogen-bond donors (Lipinski definition) is 3. The van der Waals surface area contributed by atoms with E-state index in [4.69, 9.17) is 5.73 Å². The molecule has 0 bridgehead atoms. The molecule has 0 atom stereocenters. The van der Waals surface area contributed by atoms with Crippen molar-refractivity contribution in [1.82, 2.24) is 10.6 Å². The van der Waals surface area contributed by atoms with Crippen molar-refractivity contribution in [2.24, 2.45) is 11.1 Å². The van der Waals surface area contributed by atoms with E-state index in [0.717, 1.165) is 38.4 Å². The summed E-state index contributed by atoms with van der Waals surface area (Å²) in [7, 11) is 0. The monoisotopic (exact) mass is 241 g/mol. The molecule has 0 aromatic heterocycles. The molecule has 0 saturated heterocycles. The molecule has 1 aliphatic rings. The van der Waals surface area contributed by atoms with Crippen LogP contribution in [-0.4, -0.2) is 31.3 Å². The van der Waals surface area contributed by atoms with Gasteiger partial charge in [0, 0.05) is 12.0 Å².